The molecule has 0 unspecified atom stereocenters. The fourth-order valence-corrected chi connectivity index (χ4v) is 1.97. The minimum atomic E-state index is 0.0295. The summed E-state index contributed by atoms with van der Waals surface area (Å²) < 4.78 is 5.45. The molecule has 1 aromatic rings. The van der Waals surface area contributed by atoms with Gasteiger partial charge in [0.15, 0.2) is 0 Å². The van der Waals surface area contributed by atoms with Crippen LogP contribution in [0.3, 0.4) is 0 Å². The smallest absolute Gasteiger partial charge is 0.234 e. The number of hydrogen-bond donors (Lipinski definition) is 0. The minimum absolute atomic E-state index is 0.0295. The maximum Gasteiger partial charge on any atom is 0.234 e. The average Bonchev–Trinajstić information content (AvgIpc) is 2.29. The molecule has 1 rings (SSSR count). The topological polar surface area (TPSA) is 38.7 Å². The Morgan fingerprint density at radius 3 is 2.50 bits per heavy atom. The van der Waals surface area contributed by atoms with Gasteiger partial charge in [-0.05, 0) is 41.5 Å². The summed E-state index contributed by atoms with van der Waals surface area (Å²) in [5.41, 5.74) is 3.59. The molecule has 0 heterocycles. The third-order valence-electron chi connectivity index (χ3n) is 3.02. The van der Waals surface area contributed by atoms with Crippen LogP contribution in [0.25, 0.3) is 0 Å². The van der Waals surface area contributed by atoms with E-state index in [0.29, 0.717) is 6.54 Å². The van der Waals surface area contributed by atoms with E-state index in [-0.39, 0.29) is 5.41 Å². The van der Waals surface area contributed by atoms with Crippen LogP contribution in [0.15, 0.2) is 17.1 Å². The lowest BCUT2D eigenvalue weighted by Crippen LogP contribution is -2.14. The Hall–Kier alpha value is -1.60. The number of aryl methyl sites for hydroxylation is 1. The maximum absolute atomic E-state index is 10.1. The second-order valence-electron chi connectivity index (χ2n) is 5.45. The number of methoxy groups -OCH3 is 1. The number of carbonyl (C=O) groups excluding carboxylic acids is 1. The van der Waals surface area contributed by atoms with E-state index in [2.05, 4.69) is 44.8 Å². The van der Waals surface area contributed by atoms with Gasteiger partial charge < -0.3 is 4.74 Å². The number of isocyanates is 1. The highest BCUT2D eigenvalue weighted by Crippen LogP contribution is 2.33. The number of aliphatic imine (C=N–C) groups is 1. The molecule has 0 saturated carbocycles. The average molecular weight is 247 g/mol. The van der Waals surface area contributed by atoms with E-state index >= 15 is 0 Å². The summed E-state index contributed by atoms with van der Waals surface area (Å²) in [6, 6.07) is 4.22. The van der Waals surface area contributed by atoms with Crippen molar-refractivity contribution in [2.24, 2.45) is 4.99 Å². The first-order valence-corrected chi connectivity index (χ1v) is 6.11. The first kappa shape index (κ1) is 14.5. The molecule has 0 aliphatic carbocycles. The number of rotatable bonds is 4. The molecule has 98 valence electrons. The number of hydrogen-bond acceptors (Lipinski definition) is 3. The van der Waals surface area contributed by atoms with Crippen LogP contribution in [0.4, 0.5) is 0 Å². The van der Waals surface area contributed by atoms with Crippen LogP contribution in [-0.2, 0) is 16.6 Å². The lowest BCUT2D eigenvalue weighted by Gasteiger charge is -2.24. The Morgan fingerprint density at radius 2 is 2.00 bits per heavy atom. The number of benzene rings is 1. The molecule has 0 amide bonds. The molecular formula is C15H21NO2. The predicted molar refractivity (Wildman–Crippen MR) is 73.1 cm³/mol. The molecule has 0 aliphatic heterocycles. The van der Waals surface area contributed by atoms with Gasteiger partial charge in [-0.15, -0.1) is 0 Å². The van der Waals surface area contributed by atoms with Gasteiger partial charge in [0.05, 0.1) is 13.7 Å². The van der Waals surface area contributed by atoms with Gasteiger partial charge in [0.1, 0.15) is 5.75 Å². The molecule has 0 N–H and O–H groups in total. The van der Waals surface area contributed by atoms with Crippen LogP contribution in [0.5, 0.6) is 5.75 Å². The first-order valence-electron chi connectivity index (χ1n) is 6.11. The van der Waals surface area contributed by atoms with Gasteiger partial charge in [-0.1, -0.05) is 26.8 Å². The SMILES string of the molecule is COc1cc(C)c(CCN=C=O)cc1C(C)(C)C. The minimum Gasteiger partial charge on any atom is -0.496 e. The Kier molecular flexibility index (Phi) is 4.69. The van der Waals surface area contributed by atoms with Crippen LogP contribution in [0.1, 0.15) is 37.5 Å². The molecule has 18 heavy (non-hydrogen) atoms. The summed E-state index contributed by atoms with van der Waals surface area (Å²) in [5.74, 6) is 0.919. The molecule has 3 heteroatoms. The van der Waals surface area contributed by atoms with E-state index < -0.39 is 0 Å². The van der Waals surface area contributed by atoms with Crippen molar-refractivity contribution in [3.05, 3.63) is 28.8 Å². The molecule has 0 saturated heterocycles. The summed E-state index contributed by atoms with van der Waals surface area (Å²) >= 11 is 0. The lowest BCUT2D eigenvalue weighted by atomic mass is 9.84. The summed E-state index contributed by atoms with van der Waals surface area (Å²) in [5, 5.41) is 0. The highest BCUT2D eigenvalue weighted by Gasteiger charge is 2.20. The summed E-state index contributed by atoms with van der Waals surface area (Å²) in [6.45, 7) is 9.02. The second kappa shape index (κ2) is 5.83. The molecule has 0 spiro atoms. The zero-order chi connectivity index (χ0) is 13.8. The van der Waals surface area contributed by atoms with Crippen molar-refractivity contribution in [3.63, 3.8) is 0 Å². The Bertz CT molecular complexity index is 466. The molecule has 1 aromatic carbocycles. The summed E-state index contributed by atoms with van der Waals surface area (Å²) in [6.07, 6.45) is 2.33. The molecule has 0 atom stereocenters. The zero-order valence-electron chi connectivity index (χ0n) is 11.8. The number of ether oxygens (including phenoxy) is 1. The monoisotopic (exact) mass is 247 g/mol. The van der Waals surface area contributed by atoms with Crippen LogP contribution in [0, 0.1) is 6.92 Å². The standard InChI is InChI=1S/C15H21NO2/c1-11-8-14(18-5)13(15(2,3)4)9-12(11)6-7-16-10-17/h8-9H,6-7H2,1-5H3. The van der Waals surface area contributed by atoms with Crippen LogP contribution < -0.4 is 4.74 Å². The quantitative estimate of drug-likeness (QED) is 0.605. The van der Waals surface area contributed by atoms with Gasteiger partial charge in [-0.3, -0.25) is 0 Å². The summed E-state index contributed by atoms with van der Waals surface area (Å²) in [4.78, 5) is 13.7. The molecule has 0 aliphatic rings. The highest BCUT2D eigenvalue weighted by atomic mass is 16.5. The molecule has 0 radical (unpaired) electrons. The summed E-state index contributed by atoms with van der Waals surface area (Å²) in [7, 11) is 1.69. The molecule has 3 nitrogen and oxygen atoms in total. The fraction of sp³-hybridized carbons (Fsp3) is 0.533. The van der Waals surface area contributed by atoms with E-state index in [9.17, 15) is 4.79 Å². The first-order chi connectivity index (χ1) is 8.40. The lowest BCUT2D eigenvalue weighted by molar-refractivity contribution is 0.397. The third-order valence-corrected chi connectivity index (χ3v) is 3.02. The second-order valence-corrected chi connectivity index (χ2v) is 5.45. The van der Waals surface area contributed by atoms with Gasteiger partial charge in [0.2, 0.25) is 6.08 Å². The van der Waals surface area contributed by atoms with Crippen molar-refractivity contribution in [2.75, 3.05) is 13.7 Å². The van der Waals surface area contributed by atoms with E-state index in [1.54, 1.807) is 13.2 Å². The molecule has 0 fully saturated rings. The van der Waals surface area contributed by atoms with E-state index in [1.807, 2.05) is 0 Å². The Labute approximate surface area is 109 Å². The molecular weight excluding hydrogens is 226 g/mol. The van der Waals surface area contributed by atoms with E-state index in [4.69, 9.17) is 4.74 Å². The van der Waals surface area contributed by atoms with Crippen LogP contribution >= 0.6 is 0 Å². The largest absolute Gasteiger partial charge is 0.496 e. The van der Waals surface area contributed by atoms with Crippen molar-refractivity contribution in [2.45, 2.75) is 39.5 Å². The van der Waals surface area contributed by atoms with Gasteiger partial charge in [-0.25, -0.2) is 9.79 Å². The fourth-order valence-electron chi connectivity index (χ4n) is 1.97. The van der Waals surface area contributed by atoms with E-state index in [1.165, 1.54) is 16.7 Å². The van der Waals surface area contributed by atoms with Crippen LogP contribution in [-0.4, -0.2) is 19.7 Å². The van der Waals surface area contributed by atoms with Crippen molar-refractivity contribution in [3.8, 4) is 5.75 Å². The predicted octanol–water partition coefficient (Wildman–Crippen LogP) is 3.18. The Balaban J connectivity index is 3.17. The highest BCUT2D eigenvalue weighted by molar-refractivity contribution is 5.46. The Morgan fingerprint density at radius 1 is 1.33 bits per heavy atom. The molecule has 0 bridgehead atoms. The van der Waals surface area contributed by atoms with Gasteiger partial charge >= 0.3 is 0 Å². The third kappa shape index (κ3) is 3.44. The normalized spacial score (nSPS) is 10.9. The van der Waals surface area contributed by atoms with Crippen molar-refractivity contribution in [1.29, 1.82) is 0 Å². The zero-order valence-corrected chi connectivity index (χ0v) is 11.8. The van der Waals surface area contributed by atoms with Crippen molar-refractivity contribution >= 4 is 6.08 Å². The number of nitrogens with zero attached hydrogens (tertiary/aromatic N) is 1. The van der Waals surface area contributed by atoms with Crippen LogP contribution in [0.2, 0.25) is 0 Å². The van der Waals surface area contributed by atoms with Gasteiger partial charge in [0.25, 0.3) is 0 Å². The molecule has 0 aromatic heterocycles. The van der Waals surface area contributed by atoms with Crippen molar-refractivity contribution < 1.29 is 9.53 Å². The maximum atomic E-state index is 10.1. The van der Waals surface area contributed by atoms with E-state index in [0.717, 1.165) is 12.2 Å². The van der Waals surface area contributed by atoms with Gasteiger partial charge in [-0.2, -0.15) is 0 Å². The van der Waals surface area contributed by atoms with Crippen molar-refractivity contribution in [1.82, 2.24) is 0 Å². The van der Waals surface area contributed by atoms with Gasteiger partial charge in [0, 0.05) is 0 Å².